The average molecular weight is 167 g/mol. The van der Waals surface area contributed by atoms with E-state index in [1.54, 1.807) is 0 Å². The molecule has 0 atom stereocenters. The molecule has 0 fully saturated rings. The third kappa shape index (κ3) is 3.28. The Hall–Kier alpha value is -0.480. The van der Waals surface area contributed by atoms with Crippen LogP contribution in [0.25, 0.3) is 0 Å². The van der Waals surface area contributed by atoms with Crippen molar-refractivity contribution >= 4 is 0 Å². The second-order valence-corrected chi connectivity index (χ2v) is 3.69. The molecule has 0 aromatic carbocycles. The minimum Gasteiger partial charge on any atom is -0.288 e. The SMILES string of the molecule is C#CC(C)(C)N(CCC)CCC. The third-order valence-corrected chi connectivity index (χ3v) is 2.13. The van der Waals surface area contributed by atoms with E-state index in [9.17, 15) is 0 Å². The minimum absolute atomic E-state index is 0.0774. The fourth-order valence-corrected chi connectivity index (χ4v) is 1.30. The van der Waals surface area contributed by atoms with Gasteiger partial charge in [0.05, 0.1) is 5.54 Å². The van der Waals surface area contributed by atoms with E-state index in [0.29, 0.717) is 0 Å². The Bertz CT molecular complexity index is 147. The first-order valence-corrected chi connectivity index (χ1v) is 4.81. The van der Waals surface area contributed by atoms with Crippen LogP contribution in [0, 0.1) is 12.3 Å². The molecule has 0 spiro atoms. The first-order valence-electron chi connectivity index (χ1n) is 4.81. The highest BCUT2D eigenvalue weighted by Gasteiger charge is 2.21. The van der Waals surface area contributed by atoms with Crippen LogP contribution in [0.15, 0.2) is 0 Å². The Kier molecular flexibility index (Phi) is 5.01. The second kappa shape index (κ2) is 5.22. The quantitative estimate of drug-likeness (QED) is 0.569. The lowest BCUT2D eigenvalue weighted by molar-refractivity contribution is 0.170. The number of hydrogen-bond donors (Lipinski definition) is 0. The summed E-state index contributed by atoms with van der Waals surface area (Å²) in [5, 5.41) is 0. The van der Waals surface area contributed by atoms with Crippen LogP contribution in [-0.2, 0) is 0 Å². The monoisotopic (exact) mass is 167 g/mol. The van der Waals surface area contributed by atoms with E-state index in [0.717, 1.165) is 13.1 Å². The molecule has 0 aromatic rings. The van der Waals surface area contributed by atoms with Gasteiger partial charge in [-0.15, -0.1) is 6.42 Å². The van der Waals surface area contributed by atoms with Crippen molar-refractivity contribution < 1.29 is 0 Å². The Morgan fingerprint density at radius 2 is 1.58 bits per heavy atom. The van der Waals surface area contributed by atoms with Crippen LogP contribution in [0.2, 0.25) is 0 Å². The van der Waals surface area contributed by atoms with Crippen molar-refractivity contribution in [1.29, 1.82) is 0 Å². The van der Waals surface area contributed by atoms with Crippen molar-refractivity contribution in [3.8, 4) is 12.3 Å². The second-order valence-electron chi connectivity index (χ2n) is 3.69. The number of hydrogen-bond acceptors (Lipinski definition) is 1. The predicted molar refractivity (Wildman–Crippen MR) is 55.1 cm³/mol. The van der Waals surface area contributed by atoms with Crippen molar-refractivity contribution in [3.63, 3.8) is 0 Å². The van der Waals surface area contributed by atoms with E-state index >= 15 is 0 Å². The van der Waals surface area contributed by atoms with E-state index in [1.807, 2.05) is 0 Å². The molecule has 1 nitrogen and oxygen atoms in total. The van der Waals surface area contributed by atoms with Gasteiger partial charge in [-0.2, -0.15) is 0 Å². The molecule has 0 bridgehead atoms. The van der Waals surface area contributed by atoms with E-state index in [1.165, 1.54) is 12.8 Å². The molecule has 0 unspecified atom stereocenters. The lowest BCUT2D eigenvalue weighted by atomic mass is 10.0. The maximum absolute atomic E-state index is 5.48. The fraction of sp³-hybridized carbons (Fsp3) is 0.818. The van der Waals surface area contributed by atoms with E-state index < -0.39 is 0 Å². The van der Waals surface area contributed by atoms with Gasteiger partial charge in [0.25, 0.3) is 0 Å². The highest BCUT2D eigenvalue weighted by Crippen LogP contribution is 2.13. The van der Waals surface area contributed by atoms with Crippen molar-refractivity contribution in [2.24, 2.45) is 0 Å². The maximum Gasteiger partial charge on any atom is 0.0766 e. The molecule has 12 heavy (non-hydrogen) atoms. The predicted octanol–water partition coefficient (Wildman–Crippen LogP) is 2.52. The summed E-state index contributed by atoms with van der Waals surface area (Å²) < 4.78 is 0. The zero-order valence-corrected chi connectivity index (χ0v) is 8.85. The molecule has 0 aliphatic rings. The summed E-state index contributed by atoms with van der Waals surface area (Å²) >= 11 is 0. The molecule has 0 saturated heterocycles. The van der Waals surface area contributed by atoms with Gasteiger partial charge in [0, 0.05) is 0 Å². The molecule has 0 rings (SSSR count). The van der Waals surface area contributed by atoms with Crippen LogP contribution in [0.3, 0.4) is 0 Å². The first-order chi connectivity index (χ1) is 5.58. The number of nitrogens with zero attached hydrogens (tertiary/aromatic N) is 1. The van der Waals surface area contributed by atoms with Gasteiger partial charge in [-0.05, 0) is 39.8 Å². The van der Waals surface area contributed by atoms with Gasteiger partial charge < -0.3 is 0 Å². The Morgan fingerprint density at radius 3 is 1.83 bits per heavy atom. The van der Waals surface area contributed by atoms with Gasteiger partial charge in [0.1, 0.15) is 0 Å². The van der Waals surface area contributed by atoms with E-state index in [-0.39, 0.29) is 5.54 Å². The third-order valence-electron chi connectivity index (χ3n) is 2.13. The van der Waals surface area contributed by atoms with Gasteiger partial charge >= 0.3 is 0 Å². The van der Waals surface area contributed by atoms with Crippen molar-refractivity contribution in [2.45, 2.75) is 46.1 Å². The molecule has 1 heteroatoms. The van der Waals surface area contributed by atoms with E-state index in [4.69, 9.17) is 6.42 Å². The maximum atomic E-state index is 5.48. The molecule has 0 N–H and O–H groups in total. The summed E-state index contributed by atoms with van der Waals surface area (Å²) in [6.07, 6.45) is 7.82. The summed E-state index contributed by atoms with van der Waals surface area (Å²) in [6.45, 7) is 10.8. The van der Waals surface area contributed by atoms with Gasteiger partial charge in [-0.3, -0.25) is 4.90 Å². The molecular weight excluding hydrogens is 146 g/mol. The zero-order chi connectivity index (χ0) is 9.61. The summed E-state index contributed by atoms with van der Waals surface area (Å²) in [5.74, 6) is 2.84. The smallest absolute Gasteiger partial charge is 0.0766 e. The van der Waals surface area contributed by atoms with Crippen LogP contribution in [-0.4, -0.2) is 23.5 Å². The molecule has 0 aliphatic heterocycles. The van der Waals surface area contributed by atoms with E-state index in [2.05, 4.69) is 38.5 Å². The van der Waals surface area contributed by atoms with Crippen LogP contribution in [0.4, 0.5) is 0 Å². The van der Waals surface area contributed by atoms with Crippen LogP contribution in [0.5, 0.6) is 0 Å². The molecule has 0 saturated carbocycles. The van der Waals surface area contributed by atoms with Crippen molar-refractivity contribution in [2.75, 3.05) is 13.1 Å². The average Bonchev–Trinajstić information content (AvgIpc) is 2.04. The standard InChI is InChI=1S/C11H21N/c1-6-9-12(10-7-2)11(4,5)8-3/h3H,6-7,9-10H2,1-2,4-5H3. The summed E-state index contributed by atoms with van der Waals surface area (Å²) in [6, 6.07) is 0. The Balaban J connectivity index is 4.19. The Morgan fingerprint density at radius 1 is 1.17 bits per heavy atom. The van der Waals surface area contributed by atoms with Gasteiger partial charge in [-0.1, -0.05) is 19.8 Å². The number of terminal acetylenes is 1. The summed E-state index contributed by atoms with van der Waals surface area (Å²) in [5.41, 5.74) is -0.0774. The van der Waals surface area contributed by atoms with Crippen molar-refractivity contribution in [1.82, 2.24) is 4.90 Å². The fourth-order valence-electron chi connectivity index (χ4n) is 1.30. The summed E-state index contributed by atoms with van der Waals surface area (Å²) in [7, 11) is 0. The van der Waals surface area contributed by atoms with Gasteiger partial charge in [-0.25, -0.2) is 0 Å². The van der Waals surface area contributed by atoms with Crippen LogP contribution >= 0.6 is 0 Å². The minimum atomic E-state index is -0.0774. The first kappa shape index (κ1) is 11.5. The molecule has 0 heterocycles. The van der Waals surface area contributed by atoms with Crippen LogP contribution in [0.1, 0.15) is 40.5 Å². The normalized spacial score (nSPS) is 11.7. The van der Waals surface area contributed by atoms with Gasteiger partial charge in [0.15, 0.2) is 0 Å². The van der Waals surface area contributed by atoms with Crippen LogP contribution < -0.4 is 0 Å². The molecule has 70 valence electrons. The highest BCUT2D eigenvalue weighted by atomic mass is 15.2. The summed E-state index contributed by atoms with van der Waals surface area (Å²) in [4.78, 5) is 2.37. The van der Waals surface area contributed by atoms with Crippen molar-refractivity contribution in [3.05, 3.63) is 0 Å². The highest BCUT2D eigenvalue weighted by molar-refractivity contribution is 5.08. The largest absolute Gasteiger partial charge is 0.288 e. The molecule has 0 radical (unpaired) electrons. The molecule has 0 aliphatic carbocycles. The molecular formula is C11H21N. The lowest BCUT2D eigenvalue weighted by Crippen LogP contribution is -2.43. The Labute approximate surface area is 77.1 Å². The molecule has 0 aromatic heterocycles. The lowest BCUT2D eigenvalue weighted by Gasteiger charge is -2.34. The van der Waals surface area contributed by atoms with Gasteiger partial charge in [0.2, 0.25) is 0 Å². The zero-order valence-electron chi connectivity index (χ0n) is 8.85. The molecule has 0 amide bonds. The topological polar surface area (TPSA) is 3.24 Å². The number of rotatable bonds is 5.